The summed E-state index contributed by atoms with van der Waals surface area (Å²) in [5, 5.41) is 3.04. The molecule has 20 heavy (non-hydrogen) atoms. The van der Waals surface area contributed by atoms with Gasteiger partial charge >= 0.3 is 6.18 Å². The van der Waals surface area contributed by atoms with Gasteiger partial charge in [-0.05, 0) is 37.3 Å². The fourth-order valence-corrected chi connectivity index (χ4v) is 3.25. The first-order chi connectivity index (χ1) is 9.27. The van der Waals surface area contributed by atoms with Crippen molar-refractivity contribution in [3.8, 4) is 0 Å². The molecule has 0 saturated carbocycles. The maximum absolute atomic E-state index is 12.8. The molecule has 0 amide bonds. The molecule has 1 nitrogen and oxygen atoms in total. The van der Waals surface area contributed by atoms with Crippen LogP contribution in [0.4, 0.5) is 18.9 Å². The van der Waals surface area contributed by atoms with Crippen molar-refractivity contribution < 1.29 is 13.2 Å². The van der Waals surface area contributed by atoms with Crippen LogP contribution in [0, 0.1) is 0 Å². The van der Waals surface area contributed by atoms with Crippen LogP contribution in [0.15, 0.2) is 34.8 Å². The van der Waals surface area contributed by atoms with Gasteiger partial charge in [-0.1, -0.05) is 27.5 Å². The number of benzene rings is 1. The zero-order chi connectivity index (χ0) is 14.9. The van der Waals surface area contributed by atoms with E-state index in [0.717, 1.165) is 10.9 Å². The third kappa shape index (κ3) is 3.68. The van der Waals surface area contributed by atoms with Gasteiger partial charge in [-0.25, -0.2) is 0 Å². The van der Waals surface area contributed by atoms with E-state index < -0.39 is 11.7 Å². The molecule has 0 aliphatic rings. The van der Waals surface area contributed by atoms with Gasteiger partial charge in [0, 0.05) is 15.0 Å². The number of halogens is 5. The van der Waals surface area contributed by atoms with Crippen LogP contribution in [0.3, 0.4) is 0 Å². The zero-order valence-corrected chi connectivity index (χ0v) is 13.4. The molecule has 1 aromatic carbocycles. The van der Waals surface area contributed by atoms with E-state index in [9.17, 15) is 13.2 Å². The summed E-state index contributed by atoms with van der Waals surface area (Å²) in [6, 6.07) is 7.59. The lowest BCUT2D eigenvalue weighted by Gasteiger charge is -2.16. The Labute approximate surface area is 131 Å². The average molecular weight is 385 g/mol. The Morgan fingerprint density at radius 2 is 1.95 bits per heavy atom. The van der Waals surface area contributed by atoms with Crippen LogP contribution < -0.4 is 5.32 Å². The van der Waals surface area contributed by atoms with E-state index in [4.69, 9.17) is 11.6 Å². The molecule has 1 N–H and O–H groups in total. The first kappa shape index (κ1) is 15.7. The van der Waals surface area contributed by atoms with Gasteiger partial charge in [0.2, 0.25) is 0 Å². The van der Waals surface area contributed by atoms with E-state index in [-0.39, 0.29) is 10.5 Å². The molecule has 1 atom stereocenters. The Morgan fingerprint density at radius 3 is 2.50 bits per heavy atom. The van der Waals surface area contributed by atoms with Gasteiger partial charge in [0.15, 0.2) is 0 Å². The van der Waals surface area contributed by atoms with Crippen LogP contribution in [-0.4, -0.2) is 0 Å². The van der Waals surface area contributed by atoms with Crippen molar-refractivity contribution in [1.29, 1.82) is 0 Å². The molecular formula is C13H10BrClF3NS. The van der Waals surface area contributed by atoms with Gasteiger partial charge in [-0.15, -0.1) is 11.3 Å². The number of anilines is 1. The number of hydrogen-bond acceptors (Lipinski definition) is 2. The van der Waals surface area contributed by atoms with Gasteiger partial charge in [-0.3, -0.25) is 0 Å². The summed E-state index contributed by atoms with van der Waals surface area (Å²) in [5.74, 6) is 0. The Bertz CT molecular complexity index is 612. The van der Waals surface area contributed by atoms with E-state index in [1.165, 1.54) is 17.4 Å². The van der Waals surface area contributed by atoms with Gasteiger partial charge in [0.05, 0.1) is 15.9 Å². The number of alkyl halides is 3. The molecule has 1 heterocycles. The molecular weight excluding hydrogens is 375 g/mol. The van der Waals surface area contributed by atoms with E-state index in [2.05, 4.69) is 21.2 Å². The molecule has 0 bridgehead atoms. The lowest BCUT2D eigenvalue weighted by atomic mass is 10.1. The minimum absolute atomic E-state index is 0.0300. The fourth-order valence-electron chi connectivity index (χ4n) is 1.71. The smallest absolute Gasteiger partial charge is 0.378 e. The summed E-state index contributed by atoms with van der Waals surface area (Å²) in [5.41, 5.74) is -0.281. The second-order valence-corrected chi connectivity index (χ2v) is 6.80. The van der Waals surface area contributed by atoms with Crippen LogP contribution in [0.5, 0.6) is 0 Å². The highest BCUT2D eigenvalue weighted by molar-refractivity contribution is 9.10. The van der Waals surface area contributed by atoms with E-state index in [0.29, 0.717) is 10.0 Å². The molecule has 7 heteroatoms. The van der Waals surface area contributed by atoms with Crippen LogP contribution in [0.1, 0.15) is 23.4 Å². The lowest BCUT2D eigenvalue weighted by Crippen LogP contribution is -2.09. The van der Waals surface area contributed by atoms with Crippen molar-refractivity contribution >= 4 is 44.6 Å². The Hall–Kier alpha value is -0.720. The molecule has 2 rings (SSSR count). The molecule has 1 unspecified atom stereocenters. The van der Waals surface area contributed by atoms with Crippen molar-refractivity contribution in [2.45, 2.75) is 19.1 Å². The predicted octanol–water partition coefficient (Wildman–Crippen LogP) is 6.36. The Morgan fingerprint density at radius 1 is 1.25 bits per heavy atom. The monoisotopic (exact) mass is 383 g/mol. The van der Waals surface area contributed by atoms with E-state index in [1.807, 2.05) is 13.0 Å². The second-order valence-electron chi connectivity index (χ2n) is 4.20. The first-order valence-electron chi connectivity index (χ1n) is 5.66. The maximum atomic E-state index is 12.8. The van der Waals surface area contributed by atoms with Crippen molar-refractivity contribution in [2.24, 2.45) is 0 Å². The lowest BCUT2D eigenvalue weighted by molar-refractivity contribution is -0.138. The van der Waals surface area contributed by atoms with E-state index in [1.54, 1.807) is 12.1 Å². The number of nitrogens with one attached hydrogen (secondary N) is 1. The van der Waals surface area contributed by atoms with Crippen LogP contribution in [0.2, 0.25) is 4.34 Å². The number of rotatable bonds is 3. The summed E-state index contributed by atoms with van der Waals surface area (Å²) in [4.78, 5) is 0.964. The molecule has 2 aromatic rings. The Kier molecular flexibility index (Phi) is 4.66. The third-order valence-electron chi connectivity index (χ3n) is 2.68. The minimum Gasteiger partial charge on any atom is -0.378 e. The summed E-state index contributed by atoms with van der Waals surface area (Å²) in [6.45, 7) is 1.87. The molecule has 0 fully saturated rings. The molecule has 0 aliphatic carbocycles. The number of thiophene rings is 1. The third-order valence-corrected chi connectivity index (χ3v) is 4.78. The average Bonchev–Trinajstić information content (AvgIpc) is 2.77. The van der Waals surface area contributed by atoms with E-state index >= 15 is 0 Å². The molecule has 0 aliphatic heterocycles. The van der Waals surface area contributed by atoms with Crippen molar-refractivity contribution in [2.75, 3.05) is 5.32 Å². The second kappa shape index (κ2) is 5.95. The standard InChI is InChI=1S/C13H10BrClF3NS/c1-7(11-4-5-12(15)20-11)19-8-2-3-10(14)9(6-8)13(16,17)18/h2-7,19H,1H3. The first-order valence-corrected chi connectivity index (χ1v) is 7.64. The van der Waals surface area contributed by atoms with Crippen molar-refractivity contribution in [3.63, 3.8) is 0 Å². The maximum Gasteiger partial charge on any atom is 0.417 e. The topological polar surface area (TPSA) is 12.0 Å². The summed E-state index contributed by atoms with van der Waals surface area (Å²) in [7, 11) is 0. The van der Waals surface area contributed by atoms with Gasteiger partial charge < -0.3 is 5.32 Å². The highest BCUT2D eigenvalue weighted by atomic mass is 79.9. The highest BCUT2D eigenvalue weighted by Crippen LogP contribution is 2.37. The zero-order valence-electron chi connectivity index (χ0n) is 10.3. The van der Waals surface area contributed by atoms with Crippen LogP contribution >= 0.6 is 38.9 Å². The SMILES string of the molecule is CC(Nc1ccc(Br)c(C(F)(F)F)c1)c1ccc(Cl)s1. The molecule has 1 aromatic heterocycles. The minimum atomic E-state index is -4.38. The summed E-state index contributed by atoms with van der Waals surface area (Å²) < 4.78 is 39.1. The normalized spacial score (nSPS) is 13.3. The van der Waals surface area contributed by atoms with Gasteiger partial charge in [0.25, 0.3) is 0 Å². The van der Waals surface area contributed by atoms with Crippen LogP contribution in [0.25, 0.3) is 0 Å². The van der Waals surface area contributed by atoms with Gasteiger partial charge in [-0.2, -0.15) is 13.2 Å². The van der Waals surface area contributed by atoms with Crippen molar-refractivity contribution in [1.82, 2.24) is 0 Å². The molecule has 108 valence electrons. The van der Waals surface area contributed by atoms with Gasteiger partial charge in [0.1, 0.15) is 0 Å². The largest absolute Gasteiger partial charge is 0.417 e. The number of hydrogen-bond donors (Lipinski definition) is 1. The van der Waals surface area contributed by atoms with Crippen molar-refractivity contribution in [3.05, 3.63) is 49.6 Å². The molecule has 0 spiro atoms. The predicted molar refractivity (Wildman–Crippen MR) is 80.5 cm³/mol. The summed E-state index contributed by atoms with van der Waals surface area (Å²) >= 11 is 10.2. The van der Waals surface area contributed by atoms with Crippen LogP contribution in [-0.2, 0) is 6.18 Å². The summed E-state index contributed by atoms with van der Waals surface area (Å²) in [6.07, 6.45) is -4.38. The highest BCUT2D eigenvalue weighted by Gasteiger charge is 2.33. The fraction of sp³-hybridized carbons (Fsp3) is 0.231. The molecule has 0 saturated heterocycles. The quantitative estimate of drug-likeness (QED) is 0.649. The molecule has 0 radical (unpaired) electrons. The Balaban J connectivity index is 2.22.